The van der Waals surface area contributed by atoms with Crippen LogP contribution in [0.5, 0.6) is 0 Å². The maximum absolute atomic E-state index is 12.7. The van der Waals surface area contributed by atoms with Gasteiger partial charge in [-0.15, -0.1) is 12.4 Å². The van der Waals surface area contributed by atoms with Gasteiger partial charge in [-0.05, 0) is 30.7 Å². The average Bonchev–Trinajstić information content (AvgIpc) is 2.32. The molecule has 1 aromatic carbocycles. The molecule has 19 heavy (non-hydrogen) atoms. The zero-order valence-electron chi connectivity index (χ0n) is 10.5. The number of alkyl halides is 3. The number of aliphatic hydroxyl groups is 1. The van der Waals surface area contributed by atoms with Crippen molar-refractivity contribution in [3.8, 4) is 0 Å². The van der Waals surface area contributed by atoms with E-state index in [0.29, 0.717) is 25.1 Å². The van der Waals surface area contributed by atoms with Crippen LogP contribution in [0.25, 0.3) is 0 Å². The van der Waals surface area contributed by atoms with E-state index in [9.17, 15) is 18.3 Å². The Morgan fingerprint density at radius 2 is 2.05 bits per heavy atom. The van der Waals surface area contributed by atoms with Crippen LogP contribution in [0, 0.1) is 5.92 Å². The maximum atomic E-state index is 12.7. The minimum Gasteiger partial charge on any atom is -0.385 e. The summed E-state index contributed by atoms with van der Waals surface area (Å²) in [5.41, 5.74) is -1.53. The fraction of sp³-hybridized carbons (Fsp3) is 0.538. The molecule has 2 nitrogen and oxygen atoms in total. The van der Waals surface area contributed by atoms with Crippen LogP contribution in [-0.2, 0) is 11.8 Å². The molecule has 1 saturated heterocycles. The van der Waals surface area contributed by atoms with E-state index in [1.54, 1.807) is 6.07 Å². The Labute approximate surface area is 116 Å². The van der Waals surface area contributed by atoms with Gasteiger partial charge in [0, 0.05) is 12.5 Å². The van der Waals surface area contributed by atoms with Crippen molar-refractivity contribution in [3.63, 3.8) is 0 Å². The Kier molecular flexibility index (Phi) is 4.87. The Bertz CT molecular complexity index is 438. The van der Waals surface area contributed by atoms with Gasteiger partial charge in [-0.1, -0.05) is 19.1 Å². The summed E-state index contributed by atoms with van der Waals surface area (Å²) in [6, 6.07) is 5.00. The van der Waals surface area contributed by atoms with Crippen molar-refractivity contribution in [1.82, 2.24) is 5.32 Å². The van der Waals surface area contributed by atoms with Crippen LogP contribution >= 0.6 is 12.4 Å². The highest BCUT2D eigenvalue weighted by atomic mass is 35.5. The van der Waals surface area contributed by atoms with E-state index < -0.39 is 17.3 Å². The first kappa shape index (κ1) is 16.3. The fourth-order valence-corrected chi connectivity index (χ4v) is 2.41. The molecule has 0 radical (unpaired) electrons. The number of rotatable bonds is 1. The molecule has 1 fully saturated rings. The SMILES string of the molecule is CC1CNCCC1(O)c1cccc(C(F)(F)F)c1.Cl. The molecule has 6 heteroatoms. The predicted molar refractivity (Wildman–Crippen MR) is 69.2 cm³/mol. The summed E-state index contributed by atoms with van der Waals surface area (Å²) < 4.78 is 38.0. The van der Waals surface area contributed by atoms with Gasteiger partial charge in [-0.25, -0.2) is 0 Å². The smallest absolute Gasteiger partial charge is 0.385 e. The Balaban J connectivity index is 0.00000180. The standard InChI is InChI=1S/C13H16F3NO.ClH/c1-9-8-17-6-5-12(9,18)10-3-2-4-11(7-10)13(14,15)16;/h2-4,7,9,17-18H,5-6,8H2,1H3;1H. The van der Waals surface area contributed by atoms with Crippen molar-refractivity contribution in [3.05, 3.63) is 35.4 Å². The topological polar surface area (TPSA) is 32.3 Å². The molecule has 2 rings (SSSR count). The molecule has 2 N–H and O–H groups in total. The maximum Gasteiger partial charge on any atom is 0.416 e. The Morgan fingerprint density at radius 1 is 1.37 bits per heavy atom. The molecular weight excluding hydrogens is 279 g/mol. The van der Waals surface area contributed by atoms with Gasteiger partial charge in [0.15, 0.2) is 0 Å². The number of hydrogen-bond donors (Lipinski definition) is 2. The molecule has 0 saturated carbocycles. The van der Waals surface area contributed by atoms with Crippen LogP contribution < -0.4 is 5.32 Å². The first-order valence-corrected chi connectivity index (χ1v) is 5.95. The zero-order valence-corrected chi connectivity index (χ0v) is 11.3. The second-order valence-corrected chi connectivity index (χ2v) is 4.86. The molecule has 1 aliphatic rings. The van der Waals surface area contributed by atoms with Crippen LogP contribution in [0.4, 0.5) is 13.2 Å². The average molecular weight is 296 g/mol. The highest BCUT2D eigenvalue weighted by Gasteiger charge is 2.39. The van der Waals surface area contributed by atoms with E-state index >= 15 is 0 Å². The van der Waals surface area contributed by atoms with Crippen molar-refractivity contribution in [2.75, 3.05) is 13.1 Å². The minimum absolute atomic E-state index is 0. The van der Waals surface area contributed by atoms with E-state index in [2.05, 4.69) is 5.32 Å². The van der Waals surface area contributed by atoms with E-state index in [0.717, 1.165) is 12.1 Å². The van der Waals surface area contributed by atoms with Crippen molar-refractivity contribution >= 4 is 12.4 Å². The molecule has 0 spiro atoms. The molecular formula is C13H17ClF3NO. The van der Waals surface area contributed by atoms with Crippen molar-refractivity contribution in [2.24, 2.45) is 5.92 Å². The van der Waals surface area contributed by atoms with Gasteiger partial charge in [0.1, 0.15) is 0 Å². The summed E-state index contributed by atoms with van der Waals surface area (Å²) in [6.07, 6.45) is -3.95. The molecule has 2 atom stereocenters. The van der Waals surface area contributed by atoms with Crippen molar-refractivity contribution in [1.29, 1.82) is 0 Å². The molecule has 0 bridgehead atoms. The number of nitrogens with one attached hydrogen (secondary N) is 1. The molecule has 1 aromatic rings. The van der Waals surface area contributed by atoms with E-state index in [-0.39, 0.29) is 18.3 Å². The van der Waals surface area contributed by atoms with Gasteiger partial charge in [0.05, 0.1) is 11.2 Å². The second-order valence-electron chi connectivity index (χ2n) is 4.86. The highest BCUT2D eigenvalue weighted by molar-refractivity contribution is 5.85. The summed E-state index contributed by atoms with van der Waals surface area (Å²) >= 11 is 0. The third kappa shape index (κ3) is 3.22. The Morgan fingerprint density at radius 3 is 2.63 bits per heavy atom. The van der Waals surface area contributed by atoms with Gasteiger partial charge < -0.3 is 10.4 Å². The van der Waals surface area contributed by atoms with Crippen LogP contribution in [0.3, 0.4) is 0 Å². The minimum atomic E-state index is -4.37. The number of hydrogen-bond acceptors (Lipinski definition) is 2. The van der Waals surface area contributed by atoms with Crippen LogP contribution in [-0.4, -0.2) is 18.2 Å². The molecule has 0 aliphatic carbocycles. The highest BCUT2D eigenvalue weighted by Crippen LogP contribution is 2.37. The van der Waals surface area contributed by atoms with Crippen LogP contribution in [0.15, 0.2) is 24.3 Å². The van der Waals surface area contributed by atoms with Gasteiger partial charge in [-0.2, -0.15) is 13.2 Å². The van der Waals surface area contributed by atoms with Crippen molar-refractivity contribution in [2.45, 2.75) is 25.1 Å². The normalized spacial score (nSPS) is 27.7. The van der Waals surface area contributed by atoms with Gasteiger partial charge >= 0.3 is 6.18 Å². The number of piperidine rings is 1. The third-order valence-electron chi connectivity index (χ3n) is 3.64. The molecule has 0 aromatic heterocycles. The third-order valence-corrected chi connectivity index (χ3v) is 3.64. The lowest BCUT2D eigenvalue weighted by Gasteiger charge is -2.39. The summed E-state index contributed by atoms with van der Waals surface area (Å²) in [5.74, 6) is -0.116. The lowest BCUT2D eigenvalue weighted by molar-refractivity contribution is -0.137. The monoisotopic (exact) mass is 295 g/mol. The van der Waals surface area contributed by atoms with E-state index in [1.165, 1.54) is 6.07 Å². The number of halogens is 4. The van der Waals surface area contributed by atoms with Crippen molar-refractivity contribution < 1.29 is 18.3 Å². The lowest BCUT2D eigenvalue weighted by Crippen LogP contribution is -2.46. The predicted octanol–water partition coefficient (Wildman–Crippen LogP) is 2.94. The van der Waals surface area contributed by atoms with Gasteiger partial charge in [0.25, 0.3) is 0 Å². The van der Waals surface area contributed by atoms with E-state index in [4.69, 9.17) is 0 Å². The largest absolute Gasteiger partial charge is 0.416 e. The molecule has 0 amide bonds. The Hall–Kier alpha value is -0.780. The van der Waals surface area contributed by atoms with Gasteiger partial charge in [0.2, 0.25) is 0 Å². The van der Waals surface area contributed by atoms with Gasteiger partial charge in [-0.3, -0.25) is 0 Å². The zero-order chi connectivity index (χ0) is 13.4. The number of benzene rings is 1. The summed E-state index contributed by atoms with van der Waals surface area (Å²) in [6.45, 7) is 3.05. The van der Waals surface area contributed by atoms with Crippen LogP contribution in [0.2, 0.25) is 0 Å². The summed E-state index contributed by atoms with van der Waals surface area (Å²) in [4.78, 5) is 0. The second kappa shape index (κ2) is 5.69. The molecule has 108 valence electrons. The lowest BCUT2D eigenvalue weighted by atomic mass is 9.77. The molecule has 1 heterocycles. The first-order valence-electron chi connectivity index (χ1n) is 5.95. The molecule has 1 aliphatic heterocycles. The molecule has 2 unspecified atom stereocenters. The first-order chi connectivity index (χ1) is 8.34. The fourth-order valence-electron chi connectivity index (χ4n) is 2.41. The van der Waals surface area contributed by atoms with E-state index in [1.807, 2.05) is 6.92 Å². The van der Waals surface area contributed by atoms with Crippen LogP contribution in [0.1, 0.15) is 24.5 Å². The summed E-state index contributed by atoms with van der Waals surface area (Å²) in [5, 5.41) is 13.7. The quantitative estimate of drug-likeness (QED) is 0.835. The summed E-state index contributed by atoms with van der Waals surface area (Å²) in [7, 11) is 0.